The number of nitrogens with two attached hydrogens (primary N) is 1. The second-order valence-corrected chi connectivity index (χ2v) is 5.25. The van der Waals surface area contributed by atoms with Crippen molar-refractivity contribution in [3.05, 3.63) is 29.1 Å². The Morgan fingerprint density at radius 2 is 1.76 bits per heavy atom. The molecular weight excluding hydrogens is 266 g/mol. The molecule has 1 heterocycles. The molecule has 0 aliphatic rings. The van der Waals surface area contributed by atoms with Crippen molar-refractivity contribution < 1.29 is 9.59 Å². The van der Waals surface area contributed by atoms with Crippen molar-refractivity contribution in [1.82, 2.24) is 9.88 Å². The Morgan fingerprint density at radius 1 is 1.19 bits per heavy atom. The second kappa shape index (κ2) is 8.39. The molecule has 2 N–H and O–H groups in total. The van der Waals surface area contributed by atoms with E-state index >= 15 is 0 Å². The minimum absolute atomic E-state index is 0.0731. The van der Waals surface area contributed by atoms with Gasteiger partial charge in [0.15, 0.2) is 0 Å². The third-order valence-electron chi connectivity index (χ3n) is 3.45. The summed E-state index contributed by atoms with van der Waals surface area (Å²) in [5.74, 6) is -0.594. The number of hydrogen-bond donors (Lipinski definition) is 1. The number of carbonyl (C=O) groups is 2. The van der Waals surface area contributed by atoms with Gasteiger partial charge in [-0.05, 0) is 31.4 Å². The molecule has 116 valence electrons. The fourth-order valence-electron chi connectivity index (χ4n) is 2.11. The highest BCUT2D eigenvalue weighted by Gasteiger charge is 2.17. The van der Waals surface area contributed by atoms with Gasteiger partial charge in [0, 0.05) is 19.3 Å². The van der Waals surface area contributed by atoms with Gasteiger partial charge in [-0.15, -0.1) is 0 Å². The van der Waals surface area contributed by atoms with Crippen LogP contribution in [0.1, 0.15) is 65.9 Å². The summed E-state index contributed by atoms with van der Waals surface area (Å²) in [6.45, 7) is 7.46. The van der Waals surface area contributed by atoms with Crippen molar-refractivity contribution in [3.63, 3.8) is 0 Å². The maximum Gasteiger partial charge on any atom is 0.272 e. The van der Waals surface area contributed by atoms with Gasteiger partial charge in [0.25, 0.3) is 11.8 Å². The van der Waals surface area contributed by atoms with Crippen LogP contribution in [0.25, 0.3) is 0 Å². The molecule has 0 fully saturated rings. The zero-order valence-corrected chi connectivity index (χ0v) is 13.2. The zero-order chi connectivity index (χ0) is 15.8. The number of primary amides is 1. The summed E-state index contributed by atoms with van der Waals surface area (Å²) in [5.41, 5.74) is 6.69. The van der Waals surface area contributed by atoms with Crippen molar-refractivity contribution >= 4 is 11.8 Å². The molecule has 0 unspecified atom stereocenters. The zero-order valence-electron chi connectivity index (χ0n) is 13.2. The molecule has 0 radical (unpaired) electrons. The Kier molecular flexibility index (Phi) is 6.85. The van der Waals surface area contributed by atoms with Crippen LogP contribution in [0, 0.1) is 6.92 Å². The van der Waals surface area contributed by atoms with E-state index in [4.69, 9.17) is 5.73 Å². The van der Waals surface area contributed by atoms with Crippen molar-refractivity contribution in [2.45, 2.75) is 46.5 Å². The van der Waals surface area contributed by atoms with E-state index in [2.05, 4.69) is 18.8 Å². The van der Waals surface area contributed by atoms with Gasteiger partial charge in [0.2, 0.25) is 0 Å². The lowest BCUT2D eigenvalue weighted by molar-refractivity contribution is 0.0744. The van der Waals surface area contributed by atoms with E-state index in [1.807, 2.05) is 4.90 Å². The molecule has 1 rings (SSSR count). The van der Waals surface area contributed by atoms with E-state index in [0.717, 1.165) is 38.8 Å². The minimum atomic E-state index is -0.521. The molecule has 2 amide bonds. The molecule has 5 heteroatoms. The molecule has 0 atom stereocenters. The lowest BCUT2D eigenvalue weighted by Crippen LogP contribution is -2.33. The molecule has 0 bridgehead atoms. The molecule has 1 aromatic rings. The lowest BCUT2D eigenvalue weighted by atomic mass is 10.1. The van der Waals surface area contributed by atoms with Crippen LogP contribution in [0.5, 0.6) is 0 Å². The van der Waals surface area contributed by atoms with Crippen LogP contribution in [-0.4, -0.2) is 34.8 Å². The average Bonchev–Trinajstić information content (AvgIpc) is 2.46. The van der Waals surface area contributed by atoms with Crippen molar-refractivity contribution in [3.8, 4) is 0 Å². The Hall–Kier alpha value is -1.91. The van der Waals surface area contributed by atoms with E-state index in [9.17, 15) is 9.59 Å². The molecule has 0 saturated heterocycles. The summed E-state index contributed by atoms with van der Waals surface area (Å²) in [6, 6.07) is 1.65. The Bertz CT molecular complexity index is 492. The number of hydrogen-bond acceptors (Lipinski definition) is 3. The molecule has 5 nitrogen and oxygen atoms in total. The maximum absolute atomic E-state index is 12.5. The van der Waals surface area contributed by atoms with Gasteiger partial charge in [0.1, 0.15) is 5.69 Å². The highest BCUT2D eigenvalue weighted by atomic mass is 16.2. The summed E-state index contributed by atoms with van der Waals surface area (Å²) in [7, 11) is 0. The number of unbranched alkanes of at least 4 members (excludes halogenated alkanes) is 2. The normalized spacial score (nSPS) is 10.4. The van der Waals surface area contributed by atoms with Crippen molar-refractivity contribution in [1.29, 1.82) is 0 Å². The molecule has 0 aliphatic heterocycles. The number of amides is 2. The second-order valence-electron chi connectivity index (χ2n) is 5.25. The summed E-state index contributed by atoms with van der Waals surface area (Å²) >= 11 is 0. The number of pyridine rings is 1. The molecule has 0 spiro atoms. The van der Waals surface area contributed by atoms with Crippen molar-refractivity contribution in [2.75, 3.05) is 13.1 Å². The summed E-state index contributed by atoms with van der Waals surface area (Å²) in [4.78, 5) is 29.7. The molecule has 0 aromatic carbocycles. The first-order valence-corrected chi connectivity index (χ1v) is 7.57. The third-order valence-corrected chi connectivity index (χ3v) is 3.45. The first-order valence-electron chi connectivity index (χ1n) is 7.57. The standard InChI is InChI=1S/C16H25N3O2/c1-4-6-8-19(9-7-5-2)16(21)14-10-12(3)13(11-18-14)15(17)20/h10-11H,4-9H2,1-3H3,(H2,17,20). The summed E-state index contributed by atoms with van der Waals surface area (Å²) in [5, 5.41) is 0. The average molecular weight is 291 g/mol. The van der Waals surface area contributed by atoms with Gasteiger partial charge in [-0.2, -0.15) is 0 Å². The number of nitrogens with zero attached hydrogens (tertiary/aromatic N) is 2. The smallest absolute Gasteiger partial charge is 0.272 e. The summed E-state index contributed by atoms with van der Waals surface area (Å²) < 4.78 is 0. The van der Waals surface area contributed by atoms with Gasteiger partial charge >= 0.3 is 0 Å². The third kappa shape index (κ3) is 4.85. The monoisotopic (exact) mass is 291 g/mol. The quantitative estimate of drug-likeness (QED) is 0.799. The van der Waals surface area contributed by atoms with Crippen LogP contribution in [0.4, 0.5) is 0 Å². The topological polar surface area (TPSA) is 76.3 Å². The molecular formula is C16H25N3O2. The van der Waals surface area contributed by atoms with E-state index in [-0.39, 0.29) is 5.91 Å². The molecule has 1 aromatic heterocycles. The first kappa shape index (κ1) is 17.1. The maximum atomic E-state index is 12.5. The Balaban J connectivity index is 2.91. The summed E-state index contributed by atoms with van der Waals surface area (Å²) in [6.07, 6.45) is 5.44. The van der Waals surface area contributed by atoms with E-state index in [1.165, 1.54) is 6.20 Å². The minimum Gasteiger partial charge on any atom is -0.366 e. The predicted molar refractivity (Wildman–Crippen MR) is 83.2 cm³/mol. The Morgan fingerprint density at radius 3 is 2.19 bits per heavy atom. The van der Waals surface area contributed by atoms with Crippen LogP contribution >= 0.6 is 0 Å². The number of rotatable bonds is 8. The van der Waals surface area contributed by atoms with E-state index in [0.29, 0.717) is 16.8 Å². The van der Waals surface area contributed by atoms with Gasteiger partial charge in [-0.25, -0.2) is 0 Å². The molecule has 0 saturated carbocycles. The number of carbonyl (C=O) groups excluding carboxylic acids is 2. The highest BCUT2D eigenvalue weighted by molar-refractivity contribution is 5.96. The Labute approximate surface area is 126 Å². The van der Waals surface area contributed by atoms with E-state index < -0.39 is 5.91 Å². The fourth-order valence-corrected chi connectivity index (χ4v) is 2.11. The number of aryl methyl sites for hydroxylation is 1. The van der Waals surface area contributed by atoms with E-state index in [1.54, 1.807) is 13.0 Å². The van der Waals surface area contributed by atoms with Crippen LogP contribution < -0.4 is 5.73 Å². The molecule has 0 aliphatic carbocycles. The van der Waals surface area contributed by atoms with Crippen LogP contribution in [-0.2, 0) is 0 Å². The van der Waals surface area contributed by atoms with Gasteiger partial charge in [-0.1, -0.05) is 26.7 Å². The van der Waals surface area contributed by atoms with Crippen LogP contribution in [0.15, 0.2) is 12.3 Å². The molecule has 21 heavy (non-hydrogen) atoms. The van der Waals surface area contributed by atoms with Gasteiger partial charge in [-0.3, -0.25) is 14.6 Å². The lowest BCUT2D eigenvalue weighted by Gasteiger charge is -2.22. The number of aromatic nitrogens is 1. The van der Waals surface area contributed by atoms with Crippen molar-refractivity contribution in [2.24, 2.45) is 5.73 Å². The van der Waals surface area contributed by atoms with Gasteiger partial charge < -0.3 is 10.6 Å². The first-order chi connectivity index (χ1) is 10.0. The predicted octanol–water partition coefficient (Wildman–Crippen LogP) is 2.53. The highest BCUT2D eigenvalue weighted by Crippen LogP contribution is 2.11. The van der Waals surface area contributed by atoms with Gasteiger partial charge in [0.05, 0.1) is 5.56 Å². The van der Waals surface area contributed by atoms with Crippen LogP contribution in [0.2, 0.25) is 0 Å². The largest absolute Gasteiger partial charge is 0.366 e. The van der Waals surface area contributed by atoms with Crippen LogP contribution in [0.3, 0.4) is 0 Å². The fraction of sp³-hybridized carbons (Fsp3) is 0.562. The SMILES string of the molecule is CCCCN(CCCC)C(=O)c1cc(C)c(C(N)=O)cn1.